The first-order valence-electron chi connectivity index (χ1n) is 7.22. The number of hydrogen-bond donors (Lipinski definition) is 1. The smallest absolute Gasteiger partial charge is 0.142 e. The summed E-state index contributed by atoms with van der Waals surface area (Å²) < 4.78 is 15.4. The highest BCUT2D eigenvalue weighted by molar-refractivity contribution is 6.30. The summed E-state index contributed by atoms with van der Waals surface area (Å²) in [7, 11) is 0. The van der Waals surface area contributed by atoms with Crippen molar-refractivity contribution in [3.8, 4) is 0 Å². The van der Waals surface area contributed by atoms with Crippen molar-refractivity contribution >= 4 is 11.6 Å². The zero-order valence-corrected chi connectivity index (χ0v) is 13.0. The molecular formula is C16H20ClFN2O. The average Bonchev–Trinajstić information content (AvgIpc) is 2.91. The van der Waals surface area contributed by atoms with Gasteiger partial charge in [0.05, 0.1) is 22.9 Å². The Kier molecular flexibility index (Phi) is 5.37. The molecule has 114 valence electrons. The average molecular weight is 311 g/mol. The van der Waals surface area contributed by atoms with Crippen molar-refractivity contribution in [2.75, 3.05) is 0 Å². The van der Waals surface area contributed by atoms with Crippen LogP contribution in [-0.2, 0) is 6.42 Å². The van der Waals surface area contributed by atoms with Crippen LogP contribution in [0, 0.1) is 5.82 Å². The number of aliphatic hydroxyl groups excluding tert-OH is 1. The van der Waals surface area contributed by atoms with Gasteiger partial charge in [0.1, 0.15) is 5.82 Å². The van der Waals surface area contributed by atoms with E-state index in [0.717, 1.165) is 18.5 Å². The van der Waals surface area contributed by atoms with Crippen molar-refractivity contribution in [3.63, 3.8) is 0 Å². The van der Waals surface area contributed by atoms with Crippen LogP contribution >= 0.6 is 11.6 Å². The highest BCUT2D eigenvalue weighted by Crippen LogP contribution is 2.23. The number of hydrogen-bond acceptors (Lipinski definition) is 2. The second-order valence-electron chi connectivity index (χ2n) is 5.15. The molecule has 0 aliphatic rings. The van der Waals surface area contributed by atoms with Crippen molar-refractivity contribution in [2.24, 2.45) is 0 Å². The molecule has 0 fully saturated rings. The second kappa shape index (κ2) is 7.05. The molecule has 1 N–H and O–H groups in total. The first kappa shape index (κ1) is 16.0. The zero-order valence-electron chi connectivity index (χ0n) is 12.3. The Balaban J connectivity index is 2.08. The Morgan fingerprint density at radius 2 is 2.00 bits per heavy atom. The number of halogens is 2. The van der Waals surface area contributed by atoms with Crippen LogP contribution < -0.4 is 0 Å². The van der Waals surface area contributed by atoms with Gasteiger partial charge in [0.15, 0.2) is 0 Å². The molecule has 1 atom stereocenters. The summed E-state index contributed by atoms with van der Waals surface area (Å²) in [5.41, 5.74) is 1.30. The lowest BCUT2D eigenvalue weighted by molar-refractivity contribution is 0.176. The van der Waals surface area contributed by atoms with Crippen molar-refractivity contribution in [2.45, 2.75) is 45.3 Å². The van der Waals surface area contributed by atoms with Gasteiger partial charge in [-0.3, -0.25) is 4.68 Å². The molecule has 2 aromatic rings. The SMILES string of the molecule is CCC(CC)n1ccc(CC(O)c2ccc(Cl)c(F)c2)n1. The van der Waals surface area contributed by atoms with Gasteiger partial charge in [-0.2, -0.15) is 5.10 Å². The van der Waals surface area contributed by atoms with E-state index in [2.05, 4.69) is 18.9 Å². The first-order valence-corrected chi connectivity index (χ1v) is 7.60. The summed E-state index contributed by atoms with van der Waals surface area (Å²) >= 11 is 5.64. The van der Waals surface area contributed by atoms with Gasteiger partial charge in [-0.25, -0.2) is 4.39 Å². The Labute approximate surface area is 129 Å². The largest absolute Gasteiger partial charge is 0.388 e. The maximum Gasteiger partial charge on any atom is 0.142 e. The highest BCUT2D eigenvalue weighted by atomic mass is 35.5. The minimum absolute atomic E-state index is 0.0592. The van der Waals surface area contributed by atoms with Gasteiger partial charge >= 0.3 is 0 Å². The van der Waals surface area contributed by atoms with Gasteiger partial charge in [-0.05, 0) is 36.6 Å². The third-order valence-corrected chi connectivity index (χ3v) is 4.02. The molecule has 0 aliphatic heterocycles. The maximum absolute atomic E-state index is 13.4. The minimum atomic E-state index is -0.790. The molecule has 0 saturated carbocycles. The summed E-state index contributed by atoms with van der Waals surface area (Å²) in [4.78, 5) is 0. The van der Waals surface area contributed by atoms with E-state index in [0.29, 0.717) is 18.0 Å². The quantitative estimate of drug-likeness (QED) is 0.863. The molecule has 0 saturated heterocycles. The van der Waals surface area contributed by atoms with Crippen LogP contribution in [-0.4, -0.2) is 14.9 Å². The number of aliphatic hydroxyl groups is 1. The van der Waals surface area contributed by atoms with Gasteiger partial charge in [0.2, 0.25) is 0 Å². The van der Waals surface area contributed by atoms with Gasteiger partial charge in [-0.1, -0.05) is 31.5 Å². The predicted octanol–water partition coefficient (Wildman–Crippen LogP) is 4.31. The van der Waals surface area contributed by atoms with Crippen LogP contribution in [0.15, 0.2) is 30.5 Å². The molecule has 1 aromatic carbocycles. The zero-order chi connectivity index (χ0) is 15.4. The van der Waals surface area contributed by atoms with E-state index < -0.39 is 11.9 Å². The van der Waals surface area contributed by atoms with E-state index in [-0.39, 0.29) is 5.02 Å². The lowest BCUT2D eigenvalue weighted by Crippen LogP contribution is -2.09. The fourth-order valence-corrected chi connectivity index (χ4v) is 2.51. The van der Waals surface area contributed by atoms with Crippen LogP contribution in [0.25, 0.3) is 0 Å². The Bertz CT molecular complexity index is 596. The Morgan fingerprint density at radius 1 is 1.29 bits per heavy atom. The Morgan fingerprint density at radius 3 is 2.62 bits per heavy atom. The van der Waals surface area contributed by atoms with Gasteiger partial charge < -0.3 is 5.11 Å². The van der Waals surface area contributed by atoms with E-state index in [9.17, 15) is 9.50 Å². The molecule has 0 amide bonds. The standard InChI is InChI=1S/C16H20ClFN2O/c1-3-13(4-2)20-8-7-12(19-20)10-16(21)11-5-6-14(17)15(18)9-11/h5-9,13,16,21H,3-4,10H2,1-2H3. The molecular weight excluding hydrogens is 291 g/mol. The Hall–Kier alpha value is -1.39. The second-order valence-corrected chi connectivity index (χ2v) is 5.56. The summed E-state index contributed by atoms with van der Waals surface area (Å²) in [6.45, 7) is 4.25. The van der Waals surface area contributed by atoms with Crippen molar-refractivity contribution in [3.05, 3.63) is 52.6 Å². The van der Waals surface area contributed by atoms with Crippen LogP contribution in [0.2, 0.25) is 5.02 Å². The number of benzene rings is 1. The van der Waals surface area contributed by atoms with Crippen LogP contribution in [0.3, 0.4) is 0 Å². The van der Waals surface area contributed by atoms with E-state index in [4.69, 9.17) is 11.6 Å². The van der Waals surface area contributed by atoms with E-state index >= 15 is 0 Å². The van der Waals surface area contributed by atoms with Gasteiger partial charge in [-0.15, -0.1) is 0 Å². The van der Waals surface area contributed by atoms with Crippen LogP contribution in [0.1, 0.15) is 50.1 Å². The normalized spacial score (nSPS) is 12.9. The predicted molar refractivity (Wildman–Crippen MR) is 81.9 cm³/mol. The summed E-state index contributed by atoms with van der Waals surface area (Å²) in [6.07, 6.45) is 3.53. The fraction of sp³-hybridized carbons (Fsp3) is 0.438. The van der Waals surface area contributed by atoms with Gasteiger partial charge in [0, 0.05) is 12.6 Å². The molecule has 0 spiro atoms. The molecule has 2 rings (SSSR count). The molecule has 0 bridgehead atoms. The first-order chi connectivity index (χ1) is 10.0. The molecule has 0 radical (unpaired) electrons. The maximum atomic E-state index is 13.4. The third kappa shape index (κ3) is 3.83. The minimum Gasteiger partial charge on any atom is -0.388 e. The number of aromatic nitrogens is 2. The summed E-state index contributed by atoms with van der Waals surface area (Å²) in [6, 6.07) is 6.63. The lowest BCUT2D eigenvalue weighted by Gasteiger charge is -2.13. The molecule has 0 aliphatic carbocycles. The lowest BCUT2D eigenvalue weighted by atomic mass is 10.1. The van der Waals surface area contributed by atoms with Gasteiger partial charge in [0.25, 0.3) is 0 Å². The monoisotopic (exact) mass is 310 g/mol. The number of nitrogens with zero attached hydrogens (tertiary/aromatic N) is 2. The van der Waals surface area contributed by atoms with E-state index in [1.54, 1.807) is 6.07 Å². The van der Waals surface area contributed by atoms with E-state index in [1.807, 2.05) is 16.9 Å². The van der Waals surface area contributed by atoms with Crippen LogP contribution in [0.4, 0.5) is 4.39 Å². The molecule has 21 heavy (non-hydrogen) atoms. The van der Waals surface area contributed by atoms with Crippen molar-refractivity contribution in [1.82, 2.24) is 9.78 Å². The van der Waals surface area contributed by atoms with Crippen LogP contribution in [0.5, 0.6) is 0 Å². The van der Waals surface area contributed by atoms with Crippen molar-refractivity contribution < 1.29 is 9.50 Å². The molecule has 5 heteroatoms. The molecule has 1 heterocycles. The molecule has 3 nitrogen and oxygen atoms in total. The third-order valence-electron chi connectivity index (χ3n) is 3.71. The highest BCUT2D eigenvalue weighted by Gasteiger charge is 2.14. The van der Waals surface area contributed by atoms with Crippen molar-refractivity contribution in [1.29, 1.82) is 0 Å². The fourth-order valence-electron chi connectivity index (χ4n) is 2.39. The molecule has 1 aromatic heterocycles. The molecule has 1 unspecified atom stereocenters. The van der Waals surface area contributed by atoms with E-state index in [1.165, 1.54) is 12.1 Å². The topological polar surface area (TPSA) is 38.0 Å². The number of rotatable bonds is 6. The summed E-state index contributed by atoms with van der Waals surface area (Å²) in [5.74, 6) is -0.518. The summed E-state index contributed by atoms with van der Waals surface area (Å²) in [5, 5.41) is 14.7.